The van der Waals surface area contributed by atoms with E-state index < -0.39 is 6.10 Å². The highest BCUT2D eigenvalue weighted by Crippen LogP contribution is 2.28. The van der Waals surface area contributed by atoms with E-state index >= 15 is 0 Å². The van der Waals surface area contributed by atoms with Crippen LogP contribution in [0.25, 0.3) is 11.0 Å². The fourth-order valence-corrected chi connectivity index (χ4v) is 3.35. The van der Waals surface area contributed by atoms with E-state index in [2.05, 4.69) is 6.07 Å². The molecule has 1 aromatic heterocycles. The van der Waals surface area contributed by atoms with Crippen LogP contribution < -0.4 is 0 Å². The van der Waals surface area contributed by atoms with Gasteiger partial charge in [-0.1, -0.05) is 48.5 Å². The Hall–Kier alpha value is -2.98. The number of hydrogen-bond donors (Lipinski definition) is 1. The van der Waals surface area contributed by atoms with Gasteiger partial charge in [0, 0.05) is 5.56 Å². The van der Waals surface area contributed by atoms with Gasteiger partial charge in [-0.3, -0.25) is 0 Å². The van der Waals surface area contributed by atoms with Crippen LogP contribution in [0.2, 0.25) is 0 Å². The maximum atomic E-state index is 14.3. The second kappa shape index (κ2) is 6.97. The first-order valence-electron chi connectivity index (χ1n) is 8.98. The molecule has 1 atom stereocenters. The standard InChI is InChI=1S/C23H21FN2O/c1-15-12-20-21(13-16(15)2)26(14-18-10-6-7-11-19(18)24)23(25-20)22(27)17-8-4-3-5-9-17/h3-13,22,27H,14H2,1-2H3. The molecule has 0 spiro atoms. The molecular weight excluding hydrogens is 339 g/mol. The Balaban J connectivity index is 1.90. The van der Waals surface area contributed by atoms with E-state index in [1.165, 1.54) is 6.07 Å². The SMILES string of the molecule is Cc1cc2nc(C(O)c3ccccc3)n(Cc3ccccc3F)c2cc1C. The van der Waals surface area contributed by atoms with Crippen molar-refractivity contribution < 1.29 is 9.50 Å². The van der Waals surface area contributed by atoms with Crippen LogP contribution in [0, 0.1) is 19.7 Å². The highest BCUT2D eigenvalue weighted by molar-refractivity contribution is 5.78. The molecule has 1 heterocycles. The maximum Gasteiger partial charge on any atom is 0.143 e. The van der Waals surface area contributed by atoms with Crippen LogP contribution in [-0.4, -0.2) is 14.7 Å². The van der Waals surface area contributed by atoms with E-state index in [1.54, 1.807) is 12.1 Å². The average Bonchev–Trinajstić information content (AvgIpc) is 3.01. The van der Waals surface area contributed by atoms with Crippen LogP contribution in [0.15, 0.2) is 66.7 Å². The number of halogens is 1. The van der Waals surface area contributed by atoms with Crippen LogP contribution in [-0.2, 0) is 6.54 Å². The number of rotatable bonds is 4. The molecule has 0 fully saturated rings. The molecule has 0 bridgehead atoms. The van der Waals surface area contributed by atoms with Gasteiger partial charge in [0.05, 0.1) is 17.6 Å². The van der Waals surface area contributed by atoms with E-state index in [4.69, 9.17) is 4.98 Å². The number of fused-ring (bicyclic) bond motifs is 1. The lowest BCUT2D eigenvalue weighted by atomic mass is 10.1. The largest absolute Gasteiger partial charge is 0.380 e. The number of imidazole rings is 1. The van der Waals surface area contributed by atoms with Gasteiger partial charge >= 0.3 is 0 Å². The fourth-order valence-electron chi connectivity index (χ4n) is 3.35. The molecule has 0 saturated heterocycles. The summed E-state index contributed by atoms with van der Waals surface area (Å²) in [5, 5.41) is 11.0. The molecule has 0 aliphatic carbocycles. The summed E-state index contributed by atoms with van der Waals surface area (Å²) < 4.78 is 16.2. The van der Waals surface area contributed by atoms with Gasteiger partial charge < -0.3 is 9.67 Å². The molecule has 3 nitrogen and oxygen atoms in total. The summed E-state index contributed by atoms with van der Waals surface area (Å²) in [6.45, 7) is 4.39. The van der Waals surface area contributed by atoms with Crippen molar-refractivity contribution >= 4 is 11.0 Å². The van der Waals surface area contributed by atoms with Crippen LogP contribution in [0.5, 0.6) is 0 Å². The lowest BCUT2D eigenvalue weighted by Gasteiger charge is -2.15. The van der Waals surface area contributed by atoms with Crippen molar-refractivity contribution in [3.05, 3.63) is 101 Å². The molecule has 0 radical (unpaired) electrons. The predicted molar refractivity (Wildman–Crippen MR) is 105 cm³/mol. The summed E-state index contributed by atoms with van der Waals surface area (Å²) in [4.78, 5) is 4.71. The summed E-state index contributed by atoms with van der Waals surface area (Å²) in [6.07, 6.45) is -0.883. The molecule has 27 heavy (non-hydrogen) atoms. The second-order valence-corrected chi connectivity index (χ2v) is 6.89. The summed E-state index contributed by atoms with van der Waals surface area (Å²) in [6, 6.07) is 20.2. The predicted octanol–water partition coefficient (Wildman–Crippen LogP) is 4.92. The number of benzene rings is 3. The lowest BCUT2D eigenvalue weighted by Crippen LogP contribution is -2.12. The Morgan fingerprint density at radius 1 is 0.963 bits per heavy atom. The average molecular weight is 360 g/mol. The van der Waals surface area contributed by atoms with Crippen molar-refractivity contribution in [2.45, 2.75) is 26.5 Å². The Bertz CT molecular complexity index is 1100. The smallest absolute Gasteiger partial charge is 0.143 e. The topological polar surface area (TPSA) is 38.1 Å². The Morgan fingerprint density at radius 3 is 2.37 bits per heavy atom. The van der Waals surface area contributed by atoms with Gasteiger partial charge in [0.15, 0.2) is 0 Å². The van der Waals surface area contributed by atoms with Gasteiger partial charge in [-0.05, 0) is 48.7 Å². The van der Waals surface area contributed by atoms with Gasteiger partial charge in [0.25, 0.3) is 0 Å². The van der Waals surface area contributed by atoms with Gasteiger partial charge in [-0.2, -0.15) is 0 Å². The molecule has 0 aliphatic rings. The van der Waals surface area contributed by atoms with Crippen molar-refractivity contribution in [2.75, 3.05) is 0 Å². The molecular formula is C23H21FN2O. The van der Waals surface area contributed by atoms with Crippen molar-refractivity contribution in [3.8, 4) is 0 Å². The lowest BCUT2D eigenvalue weighted by molar-refractivity contribution is 0.206. The number of nitrogens with zero attached hydrogens (tertiary/aromatic N) is 2. The van der Waals surface area contributed by atoms with E-state index in [-0.39, 0.29) is 5.82 Å². The Kier molecular flexibility index (Phi) is 4.50. The van der Waals surface area contributed by atoms with Gasteiger partial charge in [0.2, 0.25) is 0 Å². The zero-order valence-electron chi connectivity index (χ0n) is 15.4. The molecule has 3 aromatic carbocycles. The van der Waals surface area contributed by atoms with Crippen LogP contribution in [0.4, 0.5) is 4.39 Å². The number of aliphatic hydroxyl groups excluding tert-OH is 1. The number of hydrogen-bond acceptors (Lipinski definition) is 2. The van der Waals surface area contributed by atoms with Crippen LogP contribution in [0.3, 0.4) is 0 Å². The molecule has 0 aliphatic heterocycles. The number of aryl methyl sites for hydroxylation is 2. The minimum Gasteiger partial charge on any atom is -0.380 e. The summed E-state index contributed by atoms with van der Waals surface area (Å²) in [5.41, 5.74) is 5.30. The third-order valence-corrected chi connectivity index (χ3v) is 5.04. The minimum absolute atomic E-state index is 0.261. The molecule has 4 aromatic rings. The second-order valence-electron chi connectivity index (χ2n) is 6.89. The van der Waals surface area contributed by atoms with Crippen molar-refractivity contribution in [2.24, 2.45) is 0 Å². The highest BCUT2D eigenvalue weighted by Gasteiger charge is 2.21. The molecule has 136 valence electrons. The van der Waals surface area contributed by atoms with Crippen molar-refractivity contribution in [1.82, 2.24) is 9.55 Å². The summed E-state index contributed by atoms with van der Waals surface area (Å²) in [7, 11) is 0. The van der Waals surface area contributed by atoms with E-state index in [0.29, 0.717) is 17.9 Å². The molecule has 4 rings (SSSR count). The minimum atomic E-state index is -0.883. The summed E-state index contributed by atoms with van der Waals surface area (Å²) >= 11 is 0. The van der Waals surface area contributed by atoms with Gasteiger partial charge in [0.1, 0.15) is 17.7 Å². The summed E-state index contributed by atoms with van der Waals surface area (Å²) in [5.74, 6) is 0.257. The zero-order chi connectivity index (χ0) is 19.0. The maximum absolute atomic E-state index is 14.3. The first kappa shape index (κ1) is 17.4. The normalized spacial score (nSPS) is 12.4. The highest BCUT2D eigenvalue weighted by atomic mass is 19.1. The molecule has 1 unspecified atom stereocenters. The van der Waals surface area contributed by atoms with Crippen molar-refractivity contribution in [1.29, 1.82) is 0 Å². The Labute approximate surface area is 157 Å². The third-order valence-electron chi connectivity index (χ3n) is 5.04. The van der Waals surface area contributed by atoms with Gasteiger partial charge in [-0.25, -0.2) is 9.37 Å². The van der Waals surface area contributed by atoms with Crippen LogP contribution in [0.1, 0.15) is 34.2 Å². The van der Waals surface area contributed by atoms with E-state index in [0.717, 1.165) is 27.7 Å². The first-order valence-corrected chi connectivity index (χ1v) is 8.98. The van der Waals surface area contributed by atoms with E-state index in [9.17, 15) is 9.50 Å². The molecule has 0 amide bonds. The third kappa shape index (κ3) is 3.24. The Morgan fingerprint density at radius 2 is 1.63 bits per heavy atom. The van der Waals surface area contributed by atoms with Gasteiger partial charge in [-0.15, -0.1) is 0 Å². The number of aliphatic hydroxyl groups is 1. The number of aromatic nitrogens is 2. The molecule has 4 heteroatoms. The molecule has 1 N–H and O–H groups in total. The zero-order valence-corrected chi connectivity index (χ0v) is 15.4. The fraction of sp³-hybridized carbons (Fsp3) is 0.174. The monoisotopic (exact) mass is 360 g/mol. The molecule has 0 saturated carbocycles. The van der Waals surface area contributed by atoms with E-state index in [1.807, 2.05) is 60.9 Å². The first-order chi connectivity index (χ1) is 13.0. The van der Waals surface area contributed by atoms with Crippen molar-refractivity contribution in [3.63, 3.8) is 0 Å². The van der Waals surface area contributed by atoms with Crippen LogP contribution >= 0.6 is 0 Å². The quantitative estimate of drug-likeness (QED) is 0.561.